The van der Waals surface area contributed by atoms with Gasteiger partial charge in [0.05, 0.1) is 5.69 Å². The molecule has 1 aromatic heterocycles. The van der Waals surface area contributed by atoms with Crippen molar-refractivity contribution in [1.29, 1.82) is 0 Å². The zero-order chi connectivity index (χ0) is 13.9. The number of benzene rings is 1. The molecule has 0 saturated heterocycles. The first-order chi connectivity index (χ1) is 9.72. The van der Waals surface area contributed by atoms with Crippen LogP contribution < -0.4 is 14.8 Å². The van der Waals surface area contributed by atoms with Crippen LogP contribution in [0.25, 0.3) is 0 Å². The molecule has 2 aromatic rings. The van der Waals surface area contributed by atoms with Gasteiger partial charge in [-0.15, -0.1) is 0 Å². The predicted molar refractivity (Wildman–Crippen MR) is 75.9 cm³/mol. The van der Waals surface area contributed by atoms with E-state index in [0.717, 1.165) is 30.3 Å². The second-order valence-corrected chi connectivity index (χ2v) is 4.99. The molecule has 2 heterocycles. The van der Waals surface area contributed by atoms with Gasteiger partial charge in [-0.3, -0.25) is 4.68 Å². The van der Waals surface area contributed by atoms with Crippen LogP contribution in [0.5, 0.6) is 11.5 Å². The van der Waals surface area contributed by atoms with Gasteiger partial charge in [-0.05, 0) is 24.6 Å². The average Bonchev–Trinajstić information content (AvgIpc) is 2.77. The number of fused-ring (bicyclic) bond motifs is 1. The smallest absolute Gasteiger partial charge is 0.161 e. The molecule has 0 amide bonds. The molecule has 106 valence electrons. The third kappa shape index (κ3) is 2.77. The van der Waals surface area contributed by atoms with Crippen molar-refractivity contribution in [3.8, 4) is 11.5 Å². The normalized spacial score (nSPS) is 13.5. The van der Waals surface area contributed by atoms with E-state index in [1.165, 1.54) is 11.1 Å². The maximum absolute atomic E-state index is 5.59. The van der Waals surface area contributed by atoms with Crippen LogP contribution in [0, 0.1) is 6.92 Å². The lowest BCUT2D eigenvalue weighted by atomic mass is 10.2. The highest BCUT2D eigenvalue weighted by Crippen LogP contribution is 2.30. The molecule has 1 aromatic carbocycles. The first-order valence-electron chi connectivity index (χ1n) is 6.81. The number of ether oxygens (including phenoxy) is 2. The topological polar surface area (TPSA) is 48.3 Å². The van der Waals surface area contributed by atoms with Crippen molar-refractivity contribution < 1.29 is 9.47 Å². The Kier molecular flexibility index (Phi) is 3.60. The Morgan fingerprint density at radius 3 is 2.75 bits per heavy atom. The Labute approximate surface area is 118 Å². The number of aryl methyl sites for hydroxylation is 2. The Hall–Kier alpha value is -2.01. The number of nitrogens with zero attached hydrogens (tertiary/aromatic N) is 2. The van der Waals surface area contributed by atoms with E-state index in [2.05, 4.69) is 16.5 Å². The Balaban J connectivity index is 1.60. The molecule has 0 unspecified atom stereocenters. The molecule has 5 heteroatoms. The van der Waals surface area contributed by atoms with Crippen LogP contribution in [-0.2, 0) is 20.1 Å². The van der Waals surface area contributed by atoms with E-state index in [9.17, 15) is 0 Å². The maximum Gasteiger partial charge on any atom is 0.161 e. The molecule has 1 aliphatic heterocycles. The van der Waals surface area contributed by atoms with E-state index < -0.39 is 0 Å². The van der Waals surface area contributed by atoms with Gasteiger partial charge >= 0.3 is 0 Å². The summed E-state index contributed by atoms with van der Waals surface area (Å²) in [6.07, 6.45) is 2.05. The van der Waals surface area contributed by atoms with Crippen LogP contribution in [-0.4, -0.2) is 23.0 Å². The lowest BCUT2D eigenvalue weighted by Crippen LogP contribution is -2.16. The van der Waals surface area contributed by atoms with Crippen molar-refractivity contribution in [2.45, 2.75) is 20.0 Å². The van der Waals surface area contributed by atoms with E-state index in [-0.39, 0.29) is 0 Å². The van der Waals surface area contributed by atoms with Crippen molar-refractivity contribution in [2.75, 3.05) is 13.2 Å². The third-order valence-electron chi connectivity index (χ3n) is 3.37. The fraction of sp³-hybridized carbons (Fsp3) is 0.400. The summed E-state index contributed by atoms with van der Waals surface area (Å²) in [5.74, 6) is 1.68. The summed E-state index contributed by atoms with van der Waals surface area (Å²) in [6.45, 7) is 4.89. The zero-order valence-electron chi connectivity index (χ0n) is 11.8. The van der Waals surface area contributed by atoms with Crippen LogP contribution in [0.15, 0.2) is 24.4 Å². The summed E-state index contributed by atoms with van der Waals surface area (Å²) in [5, 5.41) is 7.76. The van der Waals surface area contributed by atoms with Crippen molar-refractivity contribution in [3.63, 3.8) is 0 Å². The number of nitrogens with one attached hydrogen (secondary N) is 1. The average molecular weight is 273 g/mol. The molecule has 20 heavy (non-hydrogen) atoms. The molecule has 3 rings (SSSR count). The summed E-state index contributed by atoms with van der Waals surface area (Å²) in [7, 11) is 1.94. The SMILES string of the molecule is Cc1nn(C)cc1CNCc1ccc2c(c1)OCCO2. The first-order valence-corrected chi connectivity index (χ1v) is 6.81. The van der Waals surface area contributed by atoms with Crippen LogP contribution >= 0.6 is 0 Å². The second kappa shape index (κ2) is 5.54. The van der Waals surface area contributed by atoms with Gasteiger partial charge in [0.25, 0.3) is 0 Å². The molecule has 0 fully saturated rings. The van der Waals surface area contributed by atoms with Crippen molar-refractivity contribution in [2.24, 2.45) is 7.05 Å². The number of hydrogen-bond donors (Lipinski definition) is 1. The summed E-state index contributed by atoms with van der Waals surface area (Å²) in [4.78, 5) is 0. The van der Waals surface area contributed by atoms with Gasteiger partial charge in [0, 0.05) is 31.9 Å². The highest BCUT2D eigenvalue weighted by Gasteiger charge is 2.11. The van der Waals surface area contributed by atoms with Crippen molar-refractivity contribution >= 4 is 0 Å². The minimum Gasteiger partial charge on any atom is -0.486 e. The standard InChI is InChI=1S/C15H19N3O2/c1-11-13(10-18(2)17-11)9-16-8-12-3-4-14-15(7-12)20-6-5-19-14/h3-4,7,10,16H,5-6,8-9H2,1-2H3. The molecular weight excluding hydrogens is 254 g/mol. The fourth-order valence-corrected chi connectivity index (χ4v) is 2.36. The van der Waals surface area contributed by atoms with Crippen LogP contribution in [0.4, 0.5) is 0 Å². The quantitative estimate of drug-likeness (QED) is 0.922. The van der Waals surface area contributed by atoms with Gasteiger partial charge < -0.3 is 14.8 Å². The van der Waals surface area contributed by atoms with E-state index in [1.54, 1.807) is 0 Å². The molecule has 0 saturated carbocycles. The maximum atomic E-state index is 5.59. The first kappa shape index (κ1) is 13.0. The highest BCUT2D eigenvalue weighted by molar-refractivity contribution is 5.43. The highest BCUT2D eigenvalue weighted by atomic mass is 16.6. The fourth-order valence-electron chi connectivity index (χ4n) is 2.36. The lowest BCUT2D eigenvalue weighted by molar-refractivity contribution is 0.171. The second-order valence-electron chi connectivity index (χ2n) is 4.99. The van der Waals surface area contributed by atoms with E-state index >= 15 is 0 Å². The summed E-state index contributed by atoms with van der Waals surface area (Å²) >= 11 is 0. The van der Waals surface area contributed by atoms with Gasteiger partial charge in [-0.2, -0.15) is 5.10 Å². The molecule has 1 N–H and O–H groups in total. The summed E-state index contributed by atoms with van der Waals surface area (Å²) < 4.78 is 12.9. The zero-order valence-corrected chi connectivity index (χ0v) is 11.8. The molecule has 5 nitrogen and oxygen atoms in total. The molecule has 0 spiro atoms. The summed E-state index contributed by atoms with van der Waals surface area (Å²) in [5.41, 5.74) is 3.49. The van der Waals surface area contributed by atoms with Crippen LogP contribution in [0.1, 0.15) is 16.8 Å². The molecule has 0 bridgehead atoms. The molecule has 0 aliphatic carbocycles. The van der Waals surface area contributed by atoms with Crippen molar-refractivity contribution in [3.05, 3.63) is 41.2 Å². The molecular formula is C15H19N3O2. The molecule has 0 radical (unpaired) electrons. The predicted octanol–water partition coefficient (Wildman–Crippen LogP) is 1.79. The largest absolute Gasteiger partial charge is 0.486 e. The van der Waals surface area contributed by atoms with Gasteiger partial charge in [-0.25, -0.2) is 0 Å². The third-order valence-corrected chi connectivity index (χ3v) is 3.37. The van der Waals surface area contributed by atoms with Gasteiger partial charge in [0.15, 0.2) is 11.5 Å². The monoisotopic (exact) mass is 273 g/mol. The summed E-state index contributed by atoms with van der Waals surface area (Å²) in [6, 6.07) is 6.08. The van der Waals surface area contributed by atoms with Gasteiger partial charge in [0.1, 0.15) is 13.2 Å². The number of rotatable bonds is 4. The van der Waals surface area contributed by atoms with E-state index in [4.69, 9.17) is 9.47 Å². The van der Waals surface area contributed by atoms with Crippen molar-refractivity contribution in [1.82, 2.24) is 15.1 Å². The Morgan fingerprint density at radius 1 is 1.20 bits per heavy atom. The number of hydrogen-bond acceptors (Lipinski definition) is 4. The Morgan fingerprint density at radius 2 is 2.00 bits per heavy atom. The minimum atomic E-state index is 0.624. The van der Waals surface area contributed by atoms with E-state index in [0.29, 0.717) is 13.2 Å². The molecule has 1 aliphatic rings. The molecule has 0 atom stereocenters. The van der Waals surface area contributed by atoms with Crippen LogP contribution in [0.2, 0.25) is 0 Å². The lowest BCUT2D eigenvalue weighted by Gasteiger charge is -2.19. The van der Waals surface area contributed by atoms with Gasteiger partial charge in [-0.1, -0.05) is 6.07 Å². The number of aromatic nitrogens is 2. The van der Waals surface area contributed by atoms with Crippen LogP contribution in [0.3, 0.4) is 0 Å². The Bertz CT molecular complexity index is 607. The minimum absolute atomic E-state index is 0.624. The van der Waals surface area contributed by atoms with Gasteiger partial charge in [0.2, 0.25) is 0 Å². The van der Waals surface area contributed by atoms with E-state index in [1.807, 2.05) is 37.0 Å².